The highest BCUT2D eigenvalue weighted by Gasteiger charge is 2.21. The van der Waals surface area contributed by atoms with Crippen LogP contribution in [-0.2, 0) is 4.79 Å². The highest BCUT2D eigenvalue weighted by atomic mass is 16.1. The van der Waals surface area contributed by atoms with Crippen molar-refractivity contribution in [3.63, 3.8) is 0 Å². The van der Waals surface area contributed by atoms with Crippen LogP contribution in [0.5, 0.6) is 0 Å². The number of amides is 1. The second-order valence-electron chi connectivity index (χ2n) is 6.66. The van der Waals surface area contributed by atoms with Gasteiger partial charge in [0.05, 0.1) is 0 Å². The molecule has 0 aromatic carbocycles. The summed E-state index contributed by atoms with van der Waals surface area (Å²) in [4.78, 5) is 12.0. The van der Waals surface area contributed by atoms with Gasteiger partial charge in [0.2, 0.25) is 5.91 Å². The molecule has 1 aliphatic rings. The first-order chi connectivity index (χ1) is 9.02. The van der Waals surface area contributed by atoms with E-state index in [0.717, 1.165) is 38.1 Å². The third-order valence-electron chi connectivity index (χ3n) is 4.52. The molecule has 1 saturated carbocycles. The molecule has 3 unspecified atom stereocenters. The molecule has 19 heavy (non-hydrogen) atoms. The van der Waals surface area contributed by atoms with Crippen molar-refractivity contribution in [3.8, 4) is 0 Å². The summed E-state index contributed by atoms with van der Waals surface area (Å²) >= 11 is 0. The van der Waals surface area contributed by atoms with E-state index in [1.807, 2.05) is 0 Å². The van der Waals surface area contributed by atoms with Gasteiger partial charge in [0.15, 0.2) is 0 Å². The van der Waals surface area contributed by atoms with Crippen LogP contribution in [0, 0.1) is 17.8 Å². The first kappa shape index (κ1) is 16.5. The normalized spacial score (nSPS) is 25.3. The van der Waals surface area contributed by atoms with Crippen LogP contribution in [0.2, 0.25) is 0 Å². The number of rotatable bonds is 7. The molecule has 3 N–H and O–H groups in total. The monoisotopic (exact) mass is 268 g/mol. The minimum absolute atomic E-state index is 0.238. The lowest BCUT2D eigenvalue weighted by Crippen LogP contribution is -2.38. The van der Waals surface area contributed by atoms with Crippen LogP contribution in [0.1, 0.15) is 65.7 Å². The van der Waals surface area contributed by atoms with Crippen LogP contribution in [0.15, 0.2) is 0 Å². The molecular formula is C16H32N2O. The predicted octanol–water partition coefficient (Wildman–Crippen LogP) is 3.08. The minimum atomic E-state index is 0.238. The standard InChI is InChI=1S/C16H32N2O/c1-12(2)14(9-10-17)7-8-16(19)18-15-6-4-5-13(3)11-15/h12-15H,4-11,17H2,1-3H3,(H,18,19). The van der Waals surface area contributed by atoms with Gasteiger partial charge in [-0.15, -0.1) is 0 Å². The summed E-state index contributed by atoms with van der Waals surface area (Å²) in [7, 11) is 0. The van der Waals surface area contributed by atoms with E-state index in [1.54, 1.807) is 0 Å². The number of nitrogens with one attached hydrogen (secondary N) is 1. The molecule has 0 aromatic rings. The van der Waals surface area contributed by atoms with Gasteiger partial charge in [-0.2, -0.15) is 0 Å². The fourth-order valence-corrected chi connectivity index (χ4v) is 3.21. The van der Waals surface area contributed by atoms with E-state index in [2.05, 4.69) is 26.1 Å². The fourth-order valence-electron chi connectivity index (χ4n) is 3.21. The maximum absolute atomic E-state index is 12.0. The molecule has 3 atom stereocenters. The maximum Gasteiger partial charge on any atom is 0.220 e. The molecule has 1 rings (SSSR count). The van der Waals surface area contributed by atoms with E-state index in [-0.39, 0.29) is 5.91 Å². The van der Waals surface area contributed by atoms with Crippen LogP contribution in [-0.4, -0.2) is 18.5 Å². The van der Waals surface area contributed by atoms with Crippen LogP contribution in [0.4, 0.5) is 0 Å². The summed E-state index contributed by atoms with van der Waals surface area (Å²) in [5.41, 5.74) is 5.64. The largest absolute Gasteiger partial charge is 0.353 e. The Morgan fingerprint density at radius 2 is 2.05 bits per heavy atom. The van der Waals surface area contributed by atoms with Crippen molar-refractivity contribution in [2.45, 2.75) is 71.8 Å². The van der Waals surface area contributed by atoms with Crippen molar-refractivity contribution in [1.29, 1.82) is 0 Å². The quantitative estimate of drug-likeness (QED) is 0.745. The van der Waals surface area contributed by atoms with Crippen LogP contribution in [0.25, 0.3) is 0 Å². The van der Waals surface area contributed by atoms with Crippen molar-refractivity contribution in [3.05, 3.63) is 0 Å². The summed E-state index contributed by atoms with van der Waals surface area (Å²) in [5.74, 6) is 2.20. The topological polar surface area (TPSA) is 55.1 Å². The van der Waals surface area contributed by atoms with Crippen molar-refractivity contribution >= 4 is 5.91 Å². The van der Waals surface area contributed by atoms with E-state index < -0.39 is 0 Å². The van der Waals surface area contributed by atoms with Crippen molar-refractivity contribution in [2.24, 2.45) is 23.5 Å². The molecule has 1 amide bonds. The molecule has 3 heteroatoms. The molecule has 0 aliphatic heterocycles. The average Bonchev–Trinajstić information content (AvgIpc) is 2.34. The molecule has 3 nitrogen and oxygen atoms in total. The second-order valence-corrected chi connectivity index (χ2v) is 6.66. The zero-order valence-corrected chi connectivity index (χ0v) is 13.0. The zero-order valence-electron chi connectivity index (χ0n) is 13.0. The lowest BCUT2D eigenvalue weighted by Gasteiger charge is -2.28. The molecule has 0 bridgehead atoms. The molecule has 112 valence electrons. The predicted molar refractivity (Wildman–Crippen MR) is 80.8 cm³/mol. The van der Waals surface area contributed by atoms with E-state index in [9.17, 15) is 4.79 Å². The summed E-state index contributed by atoms with van der Waals surface area (Å²) in [5, 5.41) is 3.22. The number of carbonyl (C=O) groups excluding carboxylic acids is 1. The zero-order chi connectivity index (χ0) is 14.3. The van der Waals surface area contributed by atoms with Gasteiger partial charge in [0.1, 0.15) is 0 Å². The Labute approximate surface area is 118 Å². The molecule has 0 radical (unpaired) electrons. The van der Waals surface area contributed by atoms with E-state index in [4.69, 9.17) is 5.73 Å². The molecule has 0 heterocycles. The van der Waals surface area contributed by atoms with E-state index >= 15 is 0 Å². The lowest BCUT2D eigenvalue weighted by atomic mass is 9.86. The SMILES string of the molecule is CC1CCCC(NC(=O)CCC(CCN)C(C)C)C1. The number of carbonyl (C=O) groups is 1. The van der Waals surface area contributed by atoms with Gasteiger partial charge in [-0.3, -0.25) is 4.79 Å². The Bertz CT molecular complexity index is 265. The molecule has 0 spiro atoms. The molecule has 1 fully saturated rings. The number of nitrogens with two attached hydrogens (primary N) is 1. The van der Waals surface area contributed by atoms with Gasteiger partial charge in [-0.1, -0.05) is 33.6 Å². The van der Waals surface area contributed by atoms with E-state index in [0.29, 0.717) is 24.3 Å². The Morgan fingerprint density at radius 1 is 1.32 bits per heavy atom. The van der Waals surface area contributed by atoms with E-state index in [1.165, 1.54) is 12.8 Å². The van der Waals surface area contributed by atoms with Crippen molar-refractivity contribution in [1.82, 2.24) is 5.32 Å². The smallest absolute Gasteiger partial charge is 0.220 e. The van der Waals surface area contributed by atoms with Crippen LogP contribution in [0.3, 0.4) is 0 Å². The minimum Gasteiger partial charge on any atom is -0.353 e. The third kappa shape index (κ3) is 6.42. The Hall–Kier alpha value is -0.570. The van der Waals surface area contributed by atoms with Gasteiger partial charge in [-0.25, -0.2) is 0 Å². The van der Waals surface area contributed by atoms with Crippen LogP contribution >= 0.6 is 0 Å². The molecular weight excluding hydrogens is 236 g/mol. The summed E-state index contributed by atoms with van der Waals surface area (Å²) in [6.07, 6.45) is 7.56. The van der Waals surface area contributed by atoms with Gasteiger partial charge in [-0.05, 0) is 50.0 Å². The Kier molecular flexibility index (Phi) is 7.44. The summed E-state index contributed by atoms with van der Waals surface area (Å²) in [6.45, 7) is 7.46. The lowest BCUT2D eigenvalue weighted by molar-refractivity contribution is -0.122. The number of hydrogen-bond donors (Lipinski definition) is 2. The second kappa shape index (κ2) is 8.57. The molecule has 1 aliphatic carbocycles. The highest BCUT2D eigenvalue weighted by Crippen LogP contribution is 2.24. The first-order valence-corrected chi connectivity index (χ1v) is 8.02. The van der Waals surface area contributed by atoms with Gasteiger partial charge < -0.3 is 11.1 Å². The van der Waals surface area contributed by atoms with Crippen molar-refractivity contribution in [2.75, 3.05) is 6.54 Å². The van der Waals surface area contributed by atoms with Gasteiger partial charge >= 0.3 is 0 Å². The summed E-state index contributed by atoms with van der Waals surface area (Å²) < 4.78 is 0. The van der Waals surface area contributed by atoms with Gasteiger partial charge in [0.25, 0.3) is 0 Å². The Balaban J connectivity index is 2.26. The third-order valence-corrected chi connectivity index (χ3v) is 4.52. The van der Waals surface area contributed by atoms with Gasteiger partial charge in [0, 0.05) is 12.5 Å². The van der Waals surface area contributed by atoms with Crippen LogP contribution < -0.4 is 11.1 Å². The number of hydrogen-bond acceptors (Lipinski definition) is 2. The molecule has 0 saturated heterocycles. The first-order valence-electron chi connectivity index (χ1n) is 8.02. The highest BCUT2D eigenvalue weighted by molar-refractivity contribution is 5.76. The summed E-state index contributed by atoms with van der Waals surface area (Å²) in [6, 6.07) is 0.420. The Morgan fingerprint density at radius 3 is 2.63 bits per heavy atom. The van der Waals surface area contributed by atoms with Crippen molar-refractivity contribution < 1.29 is 4.79 Å². The molecule has 0 aromatic heterocycles. The average molecular weight is 268 g/mol. The fraction of sp³-hybridized carbons (Fsp3) is 0.938. The maximum atomic E-state index is 12.0.